The molecule has 2 rings (SSSR count). The number of rotatable bonds is 1. The van der Waals surface area contributed by atoms with Crippen molar-refractivity contribution in [2.24, 2.45) is 0 Å². The second-order valence-corrected chi connectivity index (χ2v) is 3.42. The minimum atomic E-state index is 0.501. The van der Waals surface area contributed by atoms with E-state index in [1.54, 1.807) is 12.3 Å². The zero-order chi connectivity index (χ0) is 9.97. The fourth-order valence-corrected chi connectivity index (χ4v) is 1.34. The van der Waals surface area contributed by atoms with Crippen LogP contribution < -0.4 is 0 Å². The molecule has 0 aliphatic carbocycles. The minimum Gasteiger partial charge on any atom is -0.253 e. The van der Waals surface area contributed by atoms with Crippen molar-refractivity contribution in [3.63, 3.8) is 0 Å². The Balaban J connectivity index is 2.44. The molecular formula is C11H9ClN2. The van der Waals surface area contributed by atoms with Gasteiger partial charge in [-0.15, -0.1) is 0 Å². The molecule has 0 atom stereocenters. The highest BCUT2D eigenvalue weighted by molar-refractivity contribution is 6.29. The van der Waals surface area contributed by atoms with Crippen molar-refractivity contribution in [3.8, 4) is 11.3 Å². The fraction of sp³-hybridized carbons (Fsp3) is 0.0909. The maximum Gasteiger partial charge on any atom is 0.129 e. The van der Waals surface area contributed by atoms with Gasteiger partial charge in [0.05, 0.1) is 5.69 Å². The molecule has 2 aromatic rings. The standard InChI is InChI=1S/C11H9ClN2/c1-8-3-2-4-10(14-8)9-5-6-11(12)13-7-9/h2-7H,1H3. The van der Waals surface area contributed by atoms with Gasteiger partial charge in [0.1, 0.15) is 5.15 Å². The molecule has 0 unspecified atom stereocenters. The maximum atomic E-state index is 5.70. The molecule has 0 aliphatic heterocycles. The fourth-order valence-electron chi connectivity index (χ4n) is 1.23. The van der Waals surface area contributed by atoms with Crippen molar-refractivity contribution in [1.29, 1.82) is 0 Å². The lowest BCUT2D eigenvalue weighted by Crippen LogP contribution is -1.86. The first-order valence-corrected chi connectivity index (χ1v) is 4.69. The van der Waals surface area contributed by atoms with Crippen molar-refractivity contribution in [2.45, 2.75) is 6.92 Å². The minimum absolute atomic E-state index is 0.501. The molecule has 0 radical (unpaired) electrons. The summed E-state index contributed by atoms with van der Waals surface area (Å²) in [5.74, 6) is 0. The monoisotopic (exact) mass is 204 g/mol. The summed E-state index contributed by atoms with van der Waals surface area (Å²) in [6.07, 6.45) is 1.73. The van der Waals surface area contributed by atoms with E-state index in [1.165, 1.54) is 0 Å². The van der Waals surface area contributed by atoms with E-state index in [2.05, 4.69) is 9.97 Å². The van der Waals surface area contributed by atoms with E-state index in [1.807, 2.05) is 31.2 Å². The molecule has 70 valence electrons. The molecule has 0 bridgehead atoms. The summed E-state index contributed by atoms with van der Waals surface area (Å²) in [5.41, 5.74) is 2.91. The molecular weight excluding hydrogens is 196 g/mol. The highest BCUT2D eigenvalue weighted by atomic mass is 35.5. The predicted octanol–water partition coefficient (Wildman–Crippen LogP) is 3.11. The first-order chi connectivity index (χ1) is 6.75. The number of aryl methyl sites for hydroxylation is 1. The molecule has 3 heteroatoms. The van der Waals surface area contributed by atoms with Crippen LogP contribution in [0.15, 0.2) is 36.5 Å². The van der Waals surface area contributed by atoms with Crippen LogP contribution in [0.5, 0.6) is 0 Å². The highest BCUT2D eigenvalue weighted by Gasteiger charge is 1.99. The first kappa shape index (κ1) is 9.16. The normalized spacial score (nSPS) is 10.1. The number of nitrogens with zero attached hydrogens (tertiary/aromatic N) is 2. The Kier molecular flexibility index (Phi) is 2.46. The van der Waals surface area contributed by atoms with Gasteiger partial charge in [-0.2, -0.15) is 0 Å². The topological polar surface area (TPSA) is 25.8 Å². The smallest absolute Gasteiger partial charge is 0.129 e. The molecule has 0 N–H and O–H groups in total. The third-order valence-electron chi connectivity index (χ3n) is 1.91. The van der Waals surface area contributed by atoms with Gasteiger partial charge in [0, 0.05) is 17.5 Å². The molecule has 2 aromatic heterocycles. The zero-order valence-electron chi connectivity index (χ0n) is 7.74. The van der Waals surface area contributed by atoms with Gasteiger partial charge in [0.2, 0.25) is 0 Å². The Morgan fingerprint density at radius 3 is 2.64 bits per heavy atom. The Labute approximate surface area is 87.6 Å². The number of pyridine rings is 2. The van der Waals surface area contributed by atoms with E-state index in [4.69, 9.17) is 11.6 Å². The van der Waals surface area contributed by atoms with E-state index >= 15 is 0 Å². The summed E-state index contributed by atoms with van der Waals surface area (Å²) in [6, 6.07) is 9.58. The van der Waals surface area contributed by atoms with Gasteiger partial charge in [0.15, 0.2) is 0 Å². The molecule has 0 saturated heterocycles. The van der Waals surface area contributed by atoms with Crippen LogP contribution in [0.2, 0.25) is 5.15 Å². The quantitative estimate of drug-likeness (QED) is 0.667. The van der Waals surface area contributed by atoms with Gasteiger partial charge in [0.25, 0.3) is 0 Å². The molecule has 0 saturated carbocycles. The zero-order valence-corrected chi connectivity index (χ0v) is 8.49. The van der Waals surface area contributed by atoms with E-state index < -0.39 is 0 Å². The second-order valence-electron chi connectivity index (χ2n) is 3.03. The number of hydrogen-bond acceptors (Lipinski definition) is 2. The van der Waals surface area contributed by atoms with E-state index in [-0.39, 0.29) is 0 Å². The molecule has 2 nitrogen and oxygen atoms in total. The lowest BCUT2D eigenvalue weighted by Gasteiger charge is -2.00. The largest absolute Gasteiger partial charge is 0.253 e. The Bertz CT molecular complexity index is 437. The number of halogens is 1. The molecule has 0 spiro atoms. The van der Waals surface area contributed by atoms with Crippen LogP contribution in [0, 0.1) is 6.92 Å². The lowest BCUT2D eigenvalue weighted by molar-refractivity contribution is 1.20. The SMILES string of the molecule is Cc1cccc(-c2ccc(Cl)nc2)n1. The van der Waals surface area contributed by atoms with Crippen LogP contribution in [0.1, 0.15) is 5.69 Å². The van der Waals surface area contributed by atoms with Crippen molar-refractivity contribution < 1.29 is 0 Å². The van der Waals surface area contributed by atoms with Crippen molar-refractivity contribution in [3.05, 3.63) is 47.4 Å². The predicted molar refractivity (Wildman–Crippen MR) is 57.2 cm³/mol. The van der Waals surface area contributed by atoms with Gasteiger partial charge in [-0.1, -0.05) is 17.7 Å². The Morgan fingerprint density at radius 1 is 1.14 bits per heavy atom. The molecule has 14 heavy (non-hydrogen) atoms. The summed E-state index contributed by atoms with van der Waals surface area (Å²) in [7, 11) is 0. The molecule has 2 heterocycles. The maximum absolute atomic E-state index is 5.70. The lowest BCUT2D eigenvalue weighted by atomic mass is 10.2. The summed E-state index contributed by atoms with van der Waals surface area (Å²) < 4.78 is 0. The average molecular weight is 205 g/mol. The van der Waals surface area contributed by atoms with Gasteiger partial charge in [-0.3, -0.25) is 4.98 Å². The van der Waals surface area contributed by atoms with Crippen LogP contribution in [0.4, 0.5) is 0 Å². The van der Waals surface area contributed by atoms with Crippen LogP contribution in [0.3, 0.4) is 0 Å². The third kappa shape index (κ3) is 1.91. The molecule has 0 aromatic carbocycles. The van der Waals surface area contributed by atoms with Crippen LogP contribution in [0.25, 0.3) is 11.3 Å². The number of aromatic nitrogens is 2. The summed E-state index contributed by atoms with van der Waals surface area (Å²) in [6.45, 7) is 1.97. The third-order valence-corrected chi connectivity index (χ3v) is 2.14. The number of hydrogen-bond donors (Lipinski definition) is 0. The average Bonchev–Trinajstić information content (AvgIpc) is 2.19. The Morgan fingerprint density at radius 2 is 2.00 bits per heavy atom. The van der Waals surface area contributed by atoms with Crippen LogP contribution in [-0.4, -0.2) is 9.97 Å². The molecule has 0 amide bonds. The summed E-state index contributed by atoms with van der Waals surface area (Å²) >= 11 is 5.70. The van der Waals surface area contributed by atoms with Crippen molar-refractivity contribution in [2.75, 3.05) is 0 Å². The van der Waals surface area contributed by atoms with Gasteiger partial charge in [-0.05, 0) is 31.2 Å². The molecule has 0 fully saturated rings. The van der Waals surface area contributed by atoms with Gasteiger partial charge in [-0.25, -0.2) is 4.98 Å². The van der Waals surface area contributed by atoms with E-state index in [0.29, 0.717) is 5.15 Å². The van der Waals surface area contributed by atoms with Crippen LogP contribution >= 0.6 is 11.6 Å². The summed E-state index contributed by atoms with van der Waals surface area (Å²) in [4.78, 5) is 8.40. The van der Waals surface area contributed by atoms with Crippen molar-refractivity contribution in [1.82, 2.24) is 9.97 Å². The van der Waals surface area contributed by atoms with Crippen LogP contribution in [-0.2, 0) is 0 Å². The second kappa shape index (κ2) is 3.76. The van der Waals surface area contributed by atoms with Crippen molar-refractivity contribution >= 4 is 11.6 Å². The first-order valence-electron chi connectivity index (χ1n) is 4.31. The van der Waals surface area contributed by atoms with E-state index in [9.17, 15) is 0 Å². The Hall–Kier alpha value is -1.41. The van der Waals surface area contributed by atoms with E-state index in [0.717, 1.165) is 17.0 Å². The highest BCUT2D eigenvalue weighted by Crippen LogP contribution is 2.17. The van der Waals surface area contributed by atoms with Gasteiger partial charge < -0.3 is 0 Å². The molecule has 0 aliphatic rings. The van der Waals surface area contributed by atoms with Gasteiger partial charge >= 0.3 is 0 Å². The summed E-state index contributed by atoms with van der Waals surface area (Å²) in [5, 5.41) is 0.501.